The molecule has 6 nitrogen and oxygen atoms in total. The molecule has 0 aliphatic heterocycles. The number of furan rings is 2. The normalized spacial score (nSPS) is 11.0. The number of hydrogen-bond donors (Lipinski definition) is 1. The average molecular weight is 455 g/mol. The minimum atomic E-state index is 0.587. The highest BCUT2D eigenvalue weighted by Crippen LogP contribution is 2.32. The molecule has 0 radical (unpaired) electrons. The molecule has 0 atom stereocenters. The van der Waals surface area contributed by atoms with Crippen LogP contribution in [0.25, 0.3) is 33.9 Å². The first kappa shape index (κ1) is 20.9. The van der Waals surface area contributed by atoms with E-state index in [0.717, 1.165) is 22.4 Å². The van der Waals surface area contributed by atoms with Gasteiger partial charge >= 0.3 is 0 Å². The fraction of sp³-hybridized carbons (Fsp3) is 0.115. The van der Waals surface area contributed by atoms with Gasteiger partial charge < -0.3 is 19.1 Å². The van der Waals surface area contributed by atoms with Crippen LogP contribution in [-0.4, -0.2) is 22.1 Å². The van der Waals surface area contributed by atoms with Crippen molar-refractivity contribution in [2.45, 2.75) is 13.8 Å². The number of nitrogens with one attached hydrogen (secondary N) is 1. The van der Waals surface area contributed by atoms with Crippen molar-refractivity contribution >= 4 is 39.7 Å². The summed E-state index contributed by atoms with van der Waals surface area (Å²) in [6, 6.07) is 19.5. The first-order chi connectivity index (χ1) is 16.0. The highest BCUT2D eigenvalue weighted by molar-refractivity contribution is 7.80. The van der Waals surface area contributed by atoms with Crippen molar-refractivity contribution in [3.05, 3.63) is 84.3 Å². The number of aryl methyl sites for hydroxylation is 2. The van der Waals surface area contributed by atoms with Gasteiger partial charge in [-0.15, -0.1) is 0 Å². The van der Waals surface area contributed by atoms with E-state index in [-0.39, 0.29) is 0 Å². The predicted molar refractivity (Wildman–Crippen MR) is 135 cm³/mol. The molecule has 0 aliphatic rings. The highest BCUT2D eigenvalue weighted by Gasteiger charge is 2.17. The van der Waals surface area contributed by atoms with Crippen LogP contribution in [0.3, 0.4) is 0 Å². The molecule has 0 aliphatic carbocycles. The summed E-state index contributed by atoms with van der Waals surface area (Å²) in [6.07, 6.45) is 3.24. The SMILES string of the molecule is Cc1ccc(N(C)C(=S)Nc2ccc3nc(-c4ccco4)c(-c4ccco4)nc3c2)cc1C. The number of hydrogen-bond acceptors (Lipinski definition) is 5. The van der Waals surface area contributed by atoms with E-state index in [1.165, 1.54) is 11.1 Å². The maximum absolute atomic E-state index is 5.66. The number of nitrogens with zero attached hydrogens (tertiary/aromatic N) is 3. The van der Waals surface area contributed by atoms with Crippen LogP contribution < -0.4 is 10.2 Å². The lowest BCUT2D eigenvalue weighted by molar-refractivity contribution is 0.572. The molecule has 5 rings (SSSR count). The van der Waals surface area contributed by atoms with Crippen LogP contribution in [0.15, 0.2) is 82.0 Å². The van der Waals surface area contributed by atoms with Crippen molar-refractivity contribution in [2.24, 2.45) is 0 Å². The van der Waals surface area contributed by atoms with Crippen LogP contribution >= 0.6 is 12.2 Å². The second-order valence-electron chi connectivity index (χ2n) is 7.84. The second-order valence-corrected chi connectivity index (χ2v) is 8.22. The lowest BCUT2D eigenvalue weighted by Crippen LogP contribution is -2.30. The van der Waals surface area contributed by atoms with Gasteiger partial charge in [-0.05, 0) is 91.8 Å². The van der Waals surface area contributed by atoms with E-state index in [1.807, 2.05) is 54.4 Å². The van der Waals surface area contributed by atoms with E-state index in [4.69, 9.17) is 31.0 Å². The fourth-order valence-corrected chi connectivity index (χ4v) is 3.78. The molecule has 1 N–H and O–H groups in total. The number of anilines is 2. The van der Waals surface area contributed by atoms with Gasteiger partial charge in [0.25, 0.3) is 0 Å². The molecule has 3 heterocycles. The number of benzene rings is 2. The van der Waals surface area contributed by atoms with Gasteiger partial charge in [-0.3, -0.25) is 0 Å². The summed E-state index contributed by atoms with van der Waals surface area (Å²) in [5, 5.41) is 3.90. The van der Waals surface area contributed by atoms with Crippen LogP contribution in [0.1, 0.15) is 11.1 Å². The molecule has 0 bridgehead atoms. The summed E-state index contributed by atoms with van der Waals surface area (Å²) >= 11 is 5.66. The predicted octanol–water partition coefficient (Wildman–Crippen LogP) is 6.60. The molecule has 33 heavy (non-hydrogen) atoms. The van der Waals surface area contributed by atoms with Crippen LogP contribution in [0, 0.1) is 13.8 Å². The third kappa shape index (κ3) is 4.10. The third-order valence-electron chi connectivity index (χ3n) is 5.61. The Kier molecular flexibility index (Phi) is 5.40. The van der Waals surface area contributed by atoms with Gasteiger partial charge in [0.05, 0.1) is 23.6 Å². The Morgan fingerprint density at radius 1 is 0.818 bits per heavy atom. The number of fused-ring (bicyclic) bond motifs is 1. The van der Waals surface area contributed by atoms with Crippen molar-refractivity contribution in [1.82, 2.24) is 9.97 Å². The highest BCUT2D eigenvalue weighted by atomic mass is 32.1. The fourth-order valence-electron chi connectivity index (χ4n) is 3.56. The zero-order valence-electron chi connectivity index (χ0n) is 18.5. The third-order valence-corrected chi connectivity index (χ3v) is 5.98. The minimum absolute atomic E-state index is 0.587. The summed E-state index contributed by atoms with van der Waals surface area (Å²) in [7, 11) is 1.95. The Bertz CT molecular complexity index is 1440. The Morgan fingerprint density at radius 2 is 1.48 bits per heavy atom. The standard InChI is InChI=1S/C26H22N4O2S/c1-16-8-10-19(14-17(16)2)30(3)26(33)27-18-9-11-20-21(15-18)29-25(23-7-5-13-32-23)24(28-20)22-6-4-12-31-22/h4-15H,1-3H3,(H,27,33). The average Bonchev–Trinajstić information content (AvgIpc) is 3.54. The Morgan fingerprint density at radius 3 is 2.09 bits per heavy atom. The quantitative estimate of drug-likeness (QED) is 0.307. The summed E-state index contributed by atoms with van der Waals surface area (Å²) in [5.74, 6) is 1.26. The van der Waals surface area contributed by atoms with Crippen molar-refractivity contribution in [2.75, 3.05) is 17.3 Å². The second kappa shape index (κ2) is 8.52. The molecule has 0 saturated carbocycles. The van der Waals surface area contributed by atoms with Gasteiger partial charge in [0.2, 0.25) is 0 Å². The van der Waals surface area contributed by atoms with Crippen LogP contribution in [0.2, 0.25) is 0 Å². The van der Waals surface area contributed by atoms with E-state index in [2.05, 4.69) is 37.4 Å². The van der Waals surface area contributed by atoms with Crippen LogP contribution in [0.4, 0.5) is 11.4 Å². The van der Waals surface area contributed by atoms with E-state index in [0.29, 0.717) is 28.0 Å². The van der Waals surface area contributed by atoms with Crippen LogP contribution in [0.5, 0.6) is 0 Å². The number of thiocarbonyl (C=S) groups is 1. The number of rotatable bonds is 4. The number of aromatic nitrogens is 2. The van der Waals surface area contributed by atoms with Gasteiger partial charge in [0.15, 0.2) is 16.6 Å². The van der Waals surface area contributed by atoms with Crippen molar-refractivity contribution in [1.29, 1.82) is 0 Å². The zero-order chi connectivity index (χ0) is 22.9. The van der Waals surface area contributed by atoms with Crippen molar-refractivity contribution in [3.8, 4) is 22.9 Å². The van der Waals surface area contributed by atoms with E-state index < -0.39 is 0 Å². The molecule has 2 aromatic carbocycles. The molecular formula is C26H22N4O2S. The lowest BCUT2D eigenvalue weighted by Gasteiger charge is -2.22. The summed E-state index contributed by atoms with van der Waals surface area (Å²) in [6.45, 7) is 4.19. The minimum Gasteiger partial charge on any atom is -0.463 e. The van der Waals surface area contributed by atoms with Crippen LogP contribution in [-0.2, 0) is 0 Å². The molecule has 3 aromatic heterocycles. The largest absolute Gasteiger partial charge is 0.463 e. The smallest absolute Gasteiger partial charge is 0.177 e. The van der Waals surface area contributed by atoms with Crippen molar-refractivity contribution in [3.63, 3.8) is 0 Å². The molecule has 0 saturated heterocycles. The Hall–Kier alpha value is -3.97. The summed E-state index contributed by atoms with van der Waals surface area (Å²) in [4.78, 5) is 11.6. The molecular weight excluding hydrogens is 432 g/mol. The molecule has 164 valence electrons. The van der Waals surface area contributed by atoms with Gasteiger partial charge in [0, 0.05) is 18.4 Å². The van der Waals surface area contributed by atoms with E-state index >= 15 is 0 Å². The van der Waals surface area contributed by atoms with Gasteiger partial charge in [0.1, 0.15) is 11.4 Å². The molecule has 5 aromatic rings. The van der Waals surface area contributed by atoms with Gasteiger partial charge in [-0.1, -0.05) is 6.07 Å². The molecule has 0 unspecified atom stereocenters. The maximum atomic E-state index is 5.66. The Balaban J connectivity index is 1.48. The van der Waals surface area contributed by atoms with Gasteiger partial charge in [-0.25, -0.2) is 9.97 Å². The Labute approximate surface area is 196 Å². The lowest BCUT2D eigenvalue weighted by atomic mass is 10.1. The molecule has 0 amide bonds. The molecule has 0 fully saturated rings. The first-order valence-corrected chi connectivity index (χ1v) is 10.9. The van der Waals surface area contributed by atoms with E-state index in [9.17, 15) is 0 Å². The summed E-state index contributed by atoms with van der Waals surface area (Å²) in [5.41, 5.74) is 7.05. The molecule has 0 spiro atoms. The van der Waals surface area contributed by atoms with Gasteiger partial charge in [-0.2, -0.15) is 0 Å². The van der Waals surface area contributed by atoms with Crippen molar-refractivity contribution < 1.29 is 8.83 Å². The van der Waals surface area contributed by atoms with E-state index in [1.54, 1.807) is 12.5 Å². The molecule has 7 heteroatoms. The first-order valence-electron chi connectivity index (χ1n) is 10.5. The zero-order valence-corrected chi connectivity index (χ0v) is 19.3. The monoisotopic (exact) mass is 454 g/mol. The topological polar surface area (TPSA) is 67.3 Å². The summed E-state index contributed by atoms with van der Waals surface area (Å²) < 4.78 is 11.2. The maximum Gasteiger partial charge on any atom is 0.177 e.